The van der Waals surface area contributed by atoms with Gasteiger partial charge < -0.3 is 4.90 Å². The fourth-order valence-electron chi connectivity index (χ4n) is 4.65. The van der Waals surface area contributed by atoms with Crippen molar-refractivity contribution in [3.63, 3.8) is 0 Å². The molecule has 5 rings (SSSR count). The Labute approximate surface area is 182 Å². The van der Waals surface area contributed by atoms with Crippen LogP contribution in [0.2, 0.25) is 0 Å². The molecule has 1 saturated heterocycles. The van der Waals surface area contributed by atoms with Crippen molar-refractivity contribution in [3.8, 4) is 0 Å². The first kappa shape index (κ1) is 19.6. The molecule has 3 aromatic rings. The molecule has 4 heteroatoms. The molecule has 0 aromatic heterocycles. The number of hydrogen-bond donors (Lipinski definition) is 0. The number of anilines is 1. The Balaban J connectivity index is 1.65. The third-order valence-corrected chi connectivity index (χ3v) is 6.51. The van der Waals surface area contributed by atoms with Gasteiger partial charge in [0.25, 0.3) is 11.8 Å². The van der Waals surface area contributed by atoms with Gasteiger partial charge in [0.2, 0.25) is 0 Å². The molecule has 31 heavy (non-hydrogen) atoms. The Morgan fingerprint density at radius 2 is 1.48 bits per heavy atom. The maximum atomic E-state index is 13.8. The summed E-state index contributed by atoms with van der Waals surface area (Å²) >= 11 is 0. The first-order chi connectivity index (χ1) is 15.0. The van der Waals surface area contributed by atoms with E-state index in [9.17, 15) is 9.59 Å². The molecule has 2 aliphatic heterocycles. The zero-order valence-electron chi connectivity index (χ0n) is 18.0. The number of carbonyl (C=O) groups excluding carboxylic acids is 2. The number of imide groups is 1. The van der Waals surface area contributed by atoms with Gasteiger partial charge in [0.1, 0.15) is 5.70 Å². The Hall–Kier alpha value is -3.40. The maximum Gasteiger partial charge on any atom is 0.282 e. The summed E-state index contributed by atoms with van der Waals surface area (Å²) < 4.78 is 0. The minimum absolute atomic E-state index is 0.216. The SMILES string of the molecule is Cc1ccc(C2=C(N3CCC(C)CC3)C(=O)N(c3cccc4ccccc34)C2=O)cc1. The second-order valence-corrected chi connectivity index (χ2v) is 8.70. The Morgan fingerprint density at radius 3 is 2.23 bits per heavy atom. The number of amides is 2. The number of rotatable bonds is 3. The largest absolute Gasteiger partial charge is 0.366 e. The molecule has 0 spiro atoms. The first-order valence-corrected chi connectivity index (χ1v) is 11.0. The highest BCUT2D eigenvalue weighted by atomic mass is 16.2. The number of carbonyl (C=O) groups is 2. The summed E-state index contributed by atoms with van der Waals surface area (Å²) in [5.41, 5.74) is 3.65. The summed E-state index contributed by atoms with van der Waals surface area (Å²) in [5, 5.41) is 1.92. The molecule has 0 N–H and O–H groups in total. The van der Waals surface area contributed by atoms with E-state index >= 15 is 0 Å². The standard InChI is InChI=1S/C27H26N2O2/c1-18-10-12-21(13-11-18)24-25(28-16-14-19(2)15-17-28)27(31)29(26(24)30)23-9-5-7-20-6-3-4-8-22(20)23/h3-13,19H,14-17H2,1-2H3. The lowest BCUT2D eigenvalue weighted by atomic mass is 9.97. The van der Waals surface area contributed by atoms with Gasteiger partial charge in [0.15, 0.2) is 0 Å². The average molecular weight is 411 g/mol. The van der Waals surface area contributed by atoms with E-state index in [0.717, 1.165) is 47.8 Å². The van der Waals surface area contributed by atoms with Gasteiger partial charge in [-0.2, -0.15) is 0 Å². The molecule has 2 heterocycles. The molecule has 4 nitrogen and oxygen atoms in total. The van der Waals surface area contributed by atoms with Gasteiger partial charge in [-0.15, -0.1) is 0 Å². The van der Waals surface area contributed by atoms with Crippen molar-refractivity contribution in [1.29, 1.82) is 0 Å². The highest BCUT2D eigenvalue weighted by Crippen LogP contribution is 2.38. The Bertz CT molecular complexity index is 1200. The zero-order valence-corrected chi connectivity index (χ0v) is 18.0. The van der Waals surface area contributed by atoms with Crippen LogP contribution in [0.1, 0.15) is 30.9 Å². The van der Waals surface area contributed by atoms with E-state index < -0.39 is 0 Å². The smallest absolute Gasteiger partial charge is 0.282 e. The van der Waals surface area contributed by atoms with Crippen LogP contribution in [0.3, 0.4) is 0 Å². The van der Waals surface area contributed by atoms with Gasteiger partial charge in [0, 0.05) is 18.5 Å². The van der Waals surface area contributed by atoms with E-state index in [1.165, 1.54) is 4.90 Å². The number of fused-ring (bicyclic) bond motifs is 1. The third kappa shape index (κ3) is 3.32. The van der Waals surface area contributed by atoms with Crippen LogP contribution in [-0.2, 0) is 9.59 Å². The van der Waals surface area contributed by atoms with Crippen LogP contribution in [-0.4, -0.2) is 29.8 Å². The molecule has 0 atom stereocenters. The fraction of sp³-hybridized carbons (Fsp3) is 0.259. The molecule has 1 fully saturated rings. The maximum absolute atomic E-state index is 13.8. The lowest BCUT2D eigenvalue weighted by Gasteiger charge is -2.32. The first-order valence-electron chi connectivity index (χ1n) is 11.0. The number of nitrogens with zero attached hydrogens (tertiary/aromatic N) is 2. The van der Waals surface area contributed by atoms with Crippen molar-refractivity contribution in [2.75, 3.05) is 18.0 Å². The summed E-state index contributed by atoms with van der Waals surface area (Å²) in [6.07, 6.45) is 2.06. The minimum Gasteiger partial charge on any atom is -0.366 e. The molecular formula is C27H26N2O2. The number of hydrogen-bond acceptors (Lipinski definition) is 3. The van der Waals surface area contributed by atoms with E-state index in [4.69, 9.17) is 0 Å². The van der Waals surface area contributed by atoms with Crippen LogP contribution >= 0.6 is 0 Å². The van der Waals surface area contributed by atoms with E-state index in [0.29, 0.717) is 22.9 Å². The van der Waals surface area contributed by atoms with Crippen LogP contribution in [0, 0.1) is 12.8 Å². The normalized spacial score (nSPS) is 17.9. The quantitative estimate of drug-likeness (QED) is 0.560. The van der Waals surface area contributed by atoms with Crippen molar-refractivity contribution < 1.29 is 9.59 Å². The van der Waals surface area contributed by atoms with Gasteiger partial charge in [-0.3, -0.25) is 9.59 Å². The lowest BCUT2D eigenvalue weighted by molar-refractivity contribution is -0.120. The molecule has 2 amide bonds. The van der Waals surface area contributed by atoms with Gasteiger partial charge in [0.05, 0.1) is 11.3 Å². The van der Waals surface area contributed by atoms with Crippen molar-refractivity contribution in [2.24, 2.45) is 5.92 Å². The van der Waals surface area contributed by atoms with E-state index in [-0.39, 0.29) is 11.8 Å². The number of aryl methyl sites for hydroxylation is 1. The Morgan fingerprint density at radius 1 is 0.806 bits per heavy atom. The van der Waals surface area contributed by atoms with Crippen molar-refractivity contribution in [1.82, 2.24) is 4.90 Å². The van der Waals surface area contributed by atoms with Gasteiger partial charge in [-0.25, -0.2) is 4.90 Å². The van der Waals surface area contributed by atoms with Crippen molar-refractivity contribution in [2.45, 2.75) is 26.7 Å². The van der Waals surface area contributed by atoms with Gasteiger partial charge in [-0.1, -0.05) is 73.2 Å². The molecule has 0 bridgehead atoms. The predicted octanol–water partition coefficient (Wildman–Crippen LogP) is 5.16. The summed E-state index contributed by atoms with van der Waals surface area (Å²) in [6.45, 7) is 5.87. The van der Waals surface area contributed by atoms with Gasteiger partial charge in [-0.05, 0) is 42.7 Å². The van der Waals surface area contributed by atoms with E-state index in [1.54, 1.807) is 0 Å². The summed E-state index contributed by atoms with van der Waals surface area (Å²) in [4.78, 5) is 31.1. The van der Waals surface area contributed by atoms with E-state index in [2.05, 4.69) is 11.8 Å². The number of likely N-dealkylation sites (tertiary alicyclic amines) is 1. The van der Waals surface area contributed by atoms with Crippen molar-refractivity contribution in [3.05, 3.63) is 83.6 Å². The average Bonchev–Trinajstić information content (AvgIpc) is 3.04. The molecule has 0 aliphatic carbocycles. The topological polar surface area (TPSA) is 40.6 Å². The second kappa shape index (κ2) is 7.69. The molecule has 0 radical (unpaired) electrons. The summed E-state index contributed by atoms with van der Waals surface area (Å²) in [6, 6.07) is 21.6. The predicted molar refractivity (Wildman–Crippen MR) is 125 cm³/mol. The van der Waals surface area contributed by atoms with Crippen LogP contribution in [0.4, 0.5) is 5.69 Å². The summed E-state index contributed by atoms with van der Waals surface area (Å²) in [5.74, 6) is 0.186. The zero-order chi connectivity index (χ0) is 21.5. The molecular weight excluding hydrogens is 384 g/mol. The monoisotopic (exact) mass is 410 g/mol. The molecule has 3 aromatic carbocycles. The van der Waals surface area contributed by atoms with Crippen molar-refractivity contribution >= 4 is 33.8 Å². The minimum atomic E-state index is -0.237. The van der Waals surface area contributed by atoms with Crippen LogP contribution in [0.5, 0.6) is 0 Å². The van der Waals surface area contributed by atoms with Crippen LogP contribution < -0.4 is 4.90 Å². The van der Waals surface area contributed by atoms with E-state index in [1.807, 2.05) is 73.7 Å². The lowest BCUT2D eigenvalue weighted by Crippen LogP contribution is -2.38. The highest BCUT2D eigenvalue weighted by molar-refractivity contribution is 6.46. The van der Waals surface area contributed by atoms with Crippen LogP contribution in [0.15, 0.2) is 72.4 Å². The molecule has 2 aliphatic rings. The Kier molecular flexibility index (Phi) is 4.85. The molecule has 0 unspecified atom stereocenters. The summed E-state index contributed by atoms with van der Waals surface area (Å²) in [7, 11) is 0. The number of benzene rings is 3. The van der Waals surface area contributed by atoms with Crippen LogP contribution in [0.25, 0.3) is 16.3 Å². The molecule has 156 valence electrons. The van der Waals surface area contributed by atoms with Gasteiger partial charge >= 0.3 is 0 Å². The highest BCUT2D eigenvalue weighted by Gasteiger charge is 2.43. The molecule has 0 saturated carbocycles. The third-order valence-electron chi connectivity index (χ3n) is 6.51. The number of piperidine rings is 1. The second-order valence-electron chi connectivity index (χ2n) is 8.70. The fourth-order valence-corrected chi connectivity index (χ4v) is 4.65.